The average Bonchev–Trinajstić information content (AvgIpc) is 2.61. The molecule has 74 valence electrons. The molecule has 14 heavy (non-hydrogen) atoms. The van der Waals surface area contributed by atoms with Crippen molar-refractivity contribution in [3.8, 4) is 0 Å². The topological polar surface area (TPSA) is 62.7 Å². The van der Waals surface area contributed by atoms with Crippen LogP contribution in [0.25, 0.3) is 0 Å². The van der Waals surface area contributed by atoms with Crippen molar-refractivity contribution in [2.75, 3.05) is 18.1 Å². The molecule has 1 N–H and O–H groups in total. The van der Waals surface area contributed by atoms with Crippen LogP contribution >= 0.6 is 0 Å². The number of amides is 1. The highest BCUT2D eigenvalue weighted by Crippen LogP contribution is 2.19. The van der Waals surface area contributed by atoms with Gasteiger partial charge in [0.25, 0.3) is 0 Å². The van der Waals surface area contributed by atoms with Crippen molar-refractivity contribution >= 4 is 11.8 Å². The van der Waals surface area contributed by atoms with Crippen molar-refractivity contribution in [3.63, 3.8) is 0 Å². The lowest BCUT2D eigenvalue weighted by atomic mass is 10.3. The smallest absolute Gasteiger partial charge is 0.414 e. The van der Waals surface area contributed by atoms with Crippen LogP contribution in [0.3, 0.4) is 0 Å². The van der Waals surface area contributed by atoms with E-state index in [9.17, 15) is 4.79 Å². The number of ether oxygens (including phenoxy) is 1. The largest absolute Gasteiger partial charge is 0.441 e. The number of nitrogens with zero attached hydrogens (tertiary/aromatic N) is 2. The molecule has 1 aromatic heterocycles. The molecule has 1 amide bonds. The molecule has 0 radical (unpaired) electrons. The number of carbonyl (C=O) groups is 1. The quantitative estimate of drug-likeness (QED) is 0.740. The maximum absolute atomic E-state index is 11.3. The van der Waals surface area contributed by atoms with Crippen molar-refractivity contribution < 1.29 is 14.6 Å². The first-order chi connectivity index (χ1) is 6.81. The summed E-state index contributed by atoms with van der Waals surface area (Å²) >= 11 is 0. The van der Waals surface area contributed by atoms with E-state index < -0.39 is 12.2 Å². The Hall–Kier alpha value is -1.62. The summed E-state index contributed by atoms with van der Waals surface area (Å²) in [4.78, 5) is 16.6. The van der Waals surface area contributed by atoms with E-state index in [1.165, 1.54) is 4.90 Å². The summed E-state index contributed by atoms with van der Waals surface area (Å²) in [6, 6.07) is 3.45. The number of anilines is 1. The van der Waals surface area contributed by atoms with E-state index in [1.54, 1.807) is 24.5 Å². The monoisotopic (exact) mass is 194 g/mol. The van der Waals surface area contributed by atoms with Crippen LogP contribution in [-0.4, -0.2) is 35.4 Å². The van der Waals surface area contributed by atoms with Gasteiger partial charge in [-0.25, -0.2) is 4.79 Å². The molecular formula is C9H10N2O3. The number of aliphatic hydroxyl groups is 1. The highest BCUT2D eigenvalue weighted by atomic mass is 16.6. The van der Waals surface area contributed by atoms with Crippen LogP contribution in [-0.2, 0) is 4.74 Å². The van der Waals surface area contributed by atoms with Crippen LogP contribution in [0, 0.1) is 0 Å². The van der Waals surface area contributed by atoms with Gasteiger partial charge in [-0.05, 0) is 12.1 Å². The molecule has 0 aliphatic carbocycles. The van der Waals surface area contributed by atoms with Crippen molar-refractivity contribution in [1.82, 2.24) is 4.98 Å². The predicted octanol–water partition coefficient (Wildman–Crippen LogP) is 0.399. The van der Waals surface area contributed by atoms with Gasteiger partial charge in [-0.1, -0.05) is 0 Å². The molecule has 0 unspecified atom stereocenters. The first kappa shape index (κ1) is 8.96. The van der Waals surface area contributed by atoms with Gasteiger partial charge in [0.2, 0.25) is 0 Å². The second-order valence-electron chi connectivity index (χ2n) is 3.00. The first-order valence-corrected chi connectivity index (χ1v) is 4.30. The van der Waals surface area contributed by atoms with Crippen molar-refractivity contribution in [2.45, 2.75) is 6.10 Å². The number of aromatic nitrogens is 1. The Labute approximate surface area is 80.9 Å². The molecule has 0 aromatic carbocycles. The van der Waals surface area contributed by atoms with Crippen LogP contribution in [0.5, 0.6) is 0 Å². The van der Waals surface area contributed by atoms with E-state index in [1.807, 2.05) is 0 Å². The summed E-state index contributed by atoms with van der Waals surface area (Å²) < 4.78 is 4.89. The van der Waals surface area contributed by atoms with Gasteiger partial charge < -0.3 is 9.84 Å². The fourth-order valence-electron chi connectivity index (χ4n) is 1.35. The number of hydrogen-bond donors (Lipinski definition) is 1. The SMILES string of the molecule is O=C1O[C@@H](CO)CN1c1ccncc1. The van der Waals surface area contributed by atoms with E-state index in [2.05, 4.69) is 4.98 Å². The number of rotatable bonds is 2. The van der Waals surface area contributed by atoms with Gasteiger partial charge in [-0.15, -0.1) is 0 Å². The van der Waals surface area contributed by atoms with Gasteiger partial charge in [0.15, 0.2) is 0 Å². The molecule has 1 aliphatic rings. The zero-order valence-corrected chi connectivity index (χ0v) is 7.46. The number of aliphatic hydroxyl groups excluding tert-OH is 1. The molecule has 1 saturated heterocycles. The maximum Gasteiger partial charge on any atom is 0.414 e. The molecule has 1 aliphatic heterocycles. The lowest BCUT2D eigenvalue weighted by Gasteiger charge is -2.11. The summed E-state index contributed by atoms with van der Waals surface area (Å²) in [5.74, 6) is 0. The third kappa shape index (κ3) is 1.54. The van der Waals surface area contributed by atoms with Gasteiger partial charge in [-0.2, -0.15) is 0 Å². The van der Waals surface area contributed by atoms with Crippen LogP contribution in [0.1, 0.15) is 0 Å². The molecule has 1 atom stereocenters. The minimum absolute atomic E-state index is 0.146. The molecule has 5 heteroatoms. The Kier molecular flexibility index (Phi) is 2.32. The van der Waals surface area contributed by atoms with Crippen molar-refractivity contribution in [1.29, 1.82) is 0 Å². The molecule has 0 saturated carbocycles. The Morgan fingerprint density at radius 1 is 1.57 bits per heavy atom. The fraction of sp³-hybridized carbons (Fsp3) is 0.333. The van der Waals surface area contributed by atoms with E-state index in [0.717, 1.165) is 5.69 Å². The zero-order chi connectivity index (χ0) is 9.97. The lowest BCUT2D eigenvalue weighted by molar-refractivity contribution is 0.0963. The maximum atomic E-state index is 11.3. The van der Waals surface area contributed by atoms with E-state index in [4.69, 9.17) is 9.84 Å². The summed E-state index contributed by atoms with van der Waals surface area (Å²) in [6.07, 6.45) is 2.37. The molecule has 1 fully saturated rings. The molecular weight excluding hydrogens is 184 g/mol. The van der Waals surface area contributed by atoms with Crippen molar-refractivity contribution in [2.24, 2.45) is 0 Å². The molecule has 5 nitrogen and oxygen atoms in total. The van der Waals surface area contributed by atoms with Crippen LogP contribution in [0.15, 0.2) is 24.5 Å². The molecule has 0 spiro atoms. The Balaban J connectivity index is 2.17. The van der Waals surface area contributed by atoms with Crippen LogP contribution in [0.2, 0.25) is 0 Å². The average molecular weight is 194 g/mol. The summed E-state index contributed by atoms with van der Waals surface area (Å²) in [5, 5.41) is 8.83. The Morgan fingerprint density at radius 2 is 2.29 bits per heavy atom. The Morgan fingerprint density at radius 3 is 2.86 bits per heavy atom. The minimum Gasteiger partial charge on any atom is -0.441 e. The normalized spacial score (nSPS) is 21.1. The van der Waals surface area contributed by atoms with Crippen LogP contribution < -0.4 is 4.90 Å². The predicted molar refractivity (Wildman–Crippen MR) is 48.9 cm³/mol. The van der Waals surface area contributed by atoms with Gasteiger partial charge in [0.1, 0.15) is 6.10 Å². The molecule has 1 aromatic rings. The number of cyclic esters (lactones) is 1. The van der Waals surface area contributed by atoms with E-state index in [-0.39, 0.29) is 6.61 Å². The van der Waals surface area contributed by atoms with Gasteiger partial charge >= 0.3 is 6.09 Å². The van der Waals surface area contributed by atoms with Crippen molar-refractivity contribution in [3.05, 3.63) is 24.5 Å². The number of pyridine rings is 1. The minimum atomic E-state index is -0.421. The second kappa shape index (κ2) is 3.63. The van der Waals surface area contributed by atoms with Gasteiger partial charge in [-0.3, -0.25) is 9.88 Å². The third-order valence-corrected chi connectivity index (χ3v) is 2.05. The van der Waals surface area contributed by atoms with Gasteiger partial charge in [0, 0.05) is 12.4 Å². The highest BCUT2D eigenvalue weighted by Gasteiger charge is 2.31. The number of carbonyl (C=O) groups excluding carboxylic acids is 1. The fourth-order valence-corrected chi connectivity index (χ4v) is 1.35. The standard InChI is InChI=1S/C9H10N2O3/c12-6-8-5-11(9(13)14-8)7-1-3-10-4-2-7/h1-4,8,12H,5-6H2/t8-/m1/s1. The zero-order valence-electron chi connectivity index (χ0n) is 7.46. The molecule has 0 bridgehead atoms. The van der Waals surface area contributed by atoms with Crippen LogP contribution in [0.4, 0.5) is 10.5 Å². The summed E-state index contributed by atoms with van der Waals surface area (Å²) in [6.45, 7) is 0.243. The summed E-state index contributed by atoms with van der Waals surface area (Å²) in [7, 11) is 0. The van der Waals surface area contributed by atoms with E-state index in [0.29, 0.717) is 6.54 Å². The molecule has 2 heterocycles. The van der Waals surface area contributed by atoms with E-state index >= 15 is 0 Å². The lowest BCUT2D eigenvalue weighted by Crippen LogP contribution is -2.25. The Bertz CT molecular complexity index is 328. The third-order valence-electron chi connectivity index (χ3n) is 2.05. The summed E-state index contributed by atoms with van der Waals surface area (Å²) in [5.41, 5.74) is 0.737. The first-order valence-electron chi connectivity index (χ1n) is 4.30. The second-order valence-corrected chi connectivity index (χ2v) is 3.00. The number of hydrogen-bond acceptors (Lipinski definition) is 4. The highest BCUT2D eigenvalue weighted by molar-refractivity contribution is 5.89. The molecule has 2 rings (SSSR count). The van der Waals surface area contributed by atoms with Gasteiger partial charge in [0.05, 0.1) is 18.8 Å².